The Hall–Kier alpha value is -0.890. The number of aryl methyl sites for hydroxylation is 2. The standard InChI is InChI=1S/C17H26FN/c1-2-15-9-10-16(17(18)14-15)8-4-7-13-19-11-5-3-6-12-19/h9-10,14H,2-8,11-13H2,1H3. The molecule has 1 aliphatic heterocycles. The lowest BCUT2D eigenvalue weighted by Gasteiger charge is -2.26. The molecule has 19 heavy (non-hydrogen) atoms. The van der Waals surface area contributed by atoms with E-state index in [0.717, 1.165) is 30.4 Å². The molecule has 0 aliphatic carbocycles. The van der Waals surface area contributed by atoms with Crippen LogP contribution in [0, 0.1) is 5.82 Å². The summed E-state index contributed by atoms with van der Waals surface area (Å²) in [4.78, 5) is 2.56. The third-order valence-corrected chi connectivity index (χ3v) is 4.14. The fraction of sp³-hybridized carbons (Fsp3) is 0.647. The van der Waals surface area contributed by atoms with E-state index in [1.807, 2.05) is 6.07 Å². The fourth-order valence-corrected chi connectivity index (χ4v) is 2.85. The third kappa shape index (κ3) is 4.61. The lowest BCUT2D eigenvalue weighted by molar-refractivity contribution is 0.225. The van der Waals surface area contributed by atoms with Crippen LogP contribution in [0.25, 0.3) is 0 Å². The quantitative estimate of drug-likeness (QED) is 0.695. The second-order valence-corrected chi connectivity index (χ2v) is 5.64. The maximum atomic E-state index is 13.8. The van der Waals surface area contributed by atoms with Gasteiger partial charge < -0.3 is 4.90 Å². The van der Waals surface area contributed by atoms with Crippen LogP contribution in [-0.4, -0.2) is 24.5 Å². The number of unbranched alkanes of at least 4 members (excludes halogenated alkanes) is 1. The van der Waals surface area contributed by atoms with Crippen LogP contribution >= 0.6 is 0 Å². The number of nitrogens with zero attached hydrogens (tertiary/aromatic N) is 1. The highest BCUT2D eigenvalue weighted by atomic mass is 19.1. The smallest absolute Gasteiger partial charge is 0.126 e. The summed E-state index contributed by atoms with van der Waals surface area (Å²) >= 11 is 0. The van der Waals surface area contributed by atoms with E-state index in [0.29, 0.717) is 0 Å². The first-order valence-electron chi connectivity index (χ1n) is 7.79. The van der Waals surface area contributed by atoms with Crippen molar-refractivity contribution in [1.29, 1.82) is 0 Å². The summed E-state index contributed by atoms with van der Waals surface area (Å²) in [5, 5.41) is 0. The van der Waals surface area contributed by atoms with E-state index >= 15 is 0 Å². The van der Waals surface area contributed by atoms with Gasteiger partial charge in [0.05, 0.1) is 0 Å². The van der Waals surface area contributed by atoms with E-state index in [1.165, 1.54) is 45.3 Å². The molecule has 2 heteroatoms. The molecule has 1 aromatic carbocycles. The van der Waals surface area contributed by atoms with Gasteiger partial charge in [0.15, 0.2) is 0 Å². The Balaban J connectivity index is 1.70. The van der Waals surface area contributed by atoms with Gasteiger partial charge in [-0.3, -0.25) is 0 Å². The molecule has 1 aromatic rings. The van der Waals surface area contributed by atoms with Gasteiger partial charge in [-0.1, -0.05) is 25.5 Å². The molecule has 0 N–H and O–H groups in total. The first kappa shape index (κ1) is 14.5. The van der Waals surface area contributed by atoms with Gasteiger partial charge in [0.2, 0.25) is 0 Å². The van der Waals surface area contributed by atoms with Crippen LogP contribution < -0.4 is 0 Å². The third-order valence-electron chi connectivity index (χ3n) is 4.14. The van der Waals surface area contributed by atoms with E-state index in [1.54, 1.807) is 6.07 Å². The number of hydrogen-bond donors (Lipinski definition) is 0. The summed E-state index contributed by atoms with van der Waals surface area (Å²) in [6, 6.07) is 5.72. The summed E-state index contributed by atoms with van der Waals surface area (Å²) in [7, 11) is 0. The van der Waals surface area contributed by atoms with Crippen LogP contribution in [-0.2, 0) is 12.8 Å². The summed E-state index contributed by atoms with van der Waals surface area (Å²) in [6.45, 7) is 5.78. The van der Waals surface area contributed by atoms with Crippen LogP contribution in [0.15, 0.2) is 18.2 Å². The van der Waals surface area contributed by atoms with Crippen molar-refractivity contribution in [2.75, 3.05) is 19.6 Å². The van der Waals surface area contributed by atoms with Crippen molar-refractivity contribution in [2.45, 2.75) is 51.9 Å². The topological polar surface area (TPSA) is 3.24 Å². The molecule has 106 valence electrons. The first-order valence-corrected chi connectivity index (χ1v) is 7.79. The molecular formula is C17H26FN. The summed E-state index contributed by atoms with van der Waals surface area (Å²) < 4.78 is 13.8. The van der Waals surface area contributed by atoms with Crippen LogP contribution in [0.4, 0.5) is 4.39 Å². The molecule has 0 spiro atoms. The highest BCUT2D eigenvalue weighted by Gasteiger charge is 2.09. The van der Waals surface area contributed by atoms with Gasteiger partial charge in [-0.2, -0.15) is 0 Å². The maximum absolute atomic E-state index is 13.8. The highest BCUT2D eigenvalue weighted by Crippen LogP contribution is 2.15. The molecule has 0 bridgehead atoms. The van der Waals surface area contributed by atoms with Crippen LogP contribution in [0.3, 0.4) is 0 Å². The van der Waals surface area contributed by atoms with Crippen molar-refractivity contribution in [3.8, 4) is 0 Å². The number of hydrogen-bond acceptors (Lipinski definition) is 1. The summed E-state index contributed by atoms with van der Waals surface area (Å²) in [6.07, 6.45) is 8.18. The molecule has 0 aromatic heterocycles. The van der Waals surface area contributed by atoms with Gasteiger partial charge >= 0.3 is 0 Å². The normalized spacial score (nSPS) is 16.7. The largest absolute Gasteiger partial charge is 0.303 e. The Labute approximate surface area is 116 Å². The van der Waals surface area contributed by atoms with Crippen LogP contribution in [0.1, 0.15) is 50.2 Å². The molecule has 0 atom stereocenters. The minimum absolute atomic E-state index is 0.0164. The predicted molar refractivity (Wildman–Crippen MR) is 79.0 cm³/mol. The SMILES string of the molecule is CCc1ccc(CCCCN2CCCCC2)c(F)c1. The zero-order valence-corrected chi connectivity index (χ0v) is 12.1. The molecule has 1 nitrogen and oxygen atoms in total. The second-order valence-electron chi connectivity index (χ2n) is 5.64. The first-order chi connectivity index (χ1) is 9.29. The van der Waals surface area contributed by atoms with Crippen molar-refractivity contribution in [3.05, 3.63) is 35.1 Å². The van der Waals surface area contributed by atoms with E-state index in [4.69, 9.17) is 0 Å². The summed E-state index contributed by atoms with van der Waals surface area (Å²) in [5.41, 5.74) is 1.98. The van der Waals surface area contributed by atoms with Crippen molar-refractivity contribution < 1.29 is 4.39 Å². The molecule has 0 saturated carbocycles. The zero-order valence-electron chi connectivity index (χ0n) is 12.1. The number of halogens is 1. The van der Waals surface area contributed by atoms with E-state index in [2.05, 4.69) is 17.9 Å². The molecule has 2 rings (SSSR count). The molecule has 0 unspecified atom stereocenters. The molecule has 0 amide bonds. The maximum Gasteiger partial charge on any atom is 0.126 e. The number of piperidine rings is 1. The van der Waals surface area contributed by atoms with Crippen molar-refractivity contribution >= 4 is 0 Å². The molecule has 0 radical (unpaired) electrons. The van der Waals surface area contributed by atoms with E-state index in [-0.39, 0.29) is 5.82 Å². The van der Waals surface area contributed by atoms with Gasteiger partial charge in [-0.05, 0) is 75.4 Å². The minimum atomic E-state index is -0.0164. The van der Waals surface area contributed by atoms with Gasteiger partial charge in [0, 0.05) is 0 Å². The highest BCUT2D eigenvalue weighted by molar-refractivity contribution is 5.24. The van der Waals surface area contributed by atoms with E-state index < -0.39 is 0 Å². The van der Waals surface area contributed by atoms with Gasteiger partial charge in [0.25, 0.3) is 0 Å². The fourth-order valence-electron chi connectivity index (χ4n) is 2.85. The minimum Gasteiger partial charge on any atom is -0.303 e. The Morgan fingerprint density at radius 1 is 1.11 bits per heavy atom. The monoisotopic (exact) mass is 263 g/mol. The Kier molecular flexibility index (Phi) is 5.84. The van der Waals surface area contributed by atoms with Crippen molar-refractivity contribution in [2.24, 2.45) is 0 Å². The van der Waals surface area contributed by atoms with E-state index in [9.17, 15) is 4.39 Å². The molecule has 1 saturated heterocycles. The van der Waals surface area contributed by atoms with Gasteiger partial charge in [-0.15, -0.1) is 0 Å². The lowest BCUT2D eigenvalue weighted by Crippen LogP contribution is -2.30. The Bertz CT molecular complexity index is 383. The Morgan fingerprint density at radius 3 is 2.58 bits per heavy atom. The number of likely N-dealkylation sites (tertiary alicyclic amines) is 1. The molecular weight excluding hydrogens is 237 g/mol. The van der Waals surface area contributed by atoms with Crippen molar-refractivity contribution in [1.82, 2.24) is 4.90 Å². The predicted octanol–water partition coefficient (Wildman–Crippen LogP) is 4.20. The van der Waals surface area contributed by atoms with Gasteiger partial charge in [0.1, 0.15) is 5.82 Å². The zero-order chi connectivity index (χ0) is 13.5. The number of benzene rings is 1. The second kappa shape index (κ2) is 7.64. The molecule has 1 fully saturated rings. The van der Waals surface area contributed by atoms with Gasteiger partial charge in [-0.25, -0.2) is 4.39 Å². The van der Waals surface area contributed by atoms with Crippen molar-refractivity contribution in [3.63, 3.8) is 0 Å². The van der Waals surface area contributed by atoms with Crippen LogP contribution in [0.5, 0.6) is 0 Å². The average Bonchev–Trinajstić information content (AvgIpc) is 2.46. The van der Waals surface area contributed by atoms with Crippen LogP contribution in [0.2, 0.25) is 0 Å². The average molecular weight is 263 g/mol. The molecule has 1 aliphatic rings. The summed E-state index contributed by atoms with van der Waals surface area (Å²) in [5.74, 6) is -0.0164. The lowest BCUT2D eigenvalue weighted by atomic mass is 10.0. The number of rotatable bonds is 6. The molecule has 1 heterocycles. The Morgan fingerprint density at radius 2 is 1.89 bits per heavy atom.